The van der Waals surface area contributed by atoms with Gasteiger partial charge in [-0.25, -0.2) is 0 Å². The number of aliphatic hydroxyl groups is 1. The molecule has 1 aromatic rings. The van der Waals surface area contributed by atoms with Crippen molar-refractivity contribution in [3.05, 3.63) is 28.8 Å². The molecule has 0 radical (unpaired) electrons. The van der Waals surface area contributed by atoms with Crippen molar-refractivity contribution in [3.8, 4) is 6.07 Å². The third kappa shape index (κ3) is 3.79. The quantitative estimate of drug-likeness (QED) is 0.921. The van der Waals surface area contributed by atoms with Crippen molar-refractivity contribution in [1.29, 1.82) is 5.26 Å². The van der Waals surface area contributed by atoms with Crippen LogP contribution in [0.15, 0.2) is 18.2 Å². The SMILES string of the molecule is N#Cc1c(Cl)cccc1N(CCO)CC(F)(F)F. The van der Waals surface area contributed by atoms with Gasteiger partial charge in [-0.05, 0) is 12.1 Å². The zero-order valence-corrected chi connectivity index (χ0v) is 9.96. The van der Waals surface area contributed by atoms with Gasteiger partial charge in [-0.3, -0.25) is 0 Å². The second-order valence-electron chi connectivity index (χ2n) is 3.51. The van der Waals surface area contributed by atoms with Gasteiger partial charge >= 0.3 is 6.18 Å². The summed E-state index contributed by atoms with van der Waals surface area (Å²) in [5.41, 5.74) is 0.0354. The monoisotopic (exact) mass is 278 g/mol. The van der Waals surface area contributed by atoms with E-state index in [1.54, 1.807) is 6.07 Å². The first-order chi connectivity index (χ1) is 8.39. The van der Waals surface area contributed by atoms with Crippen molar-refractivity contribution in [2.24, 2.45) is 0 Å². The summed E-state index contributed by atoms with van der Waals surface area (Å²) in [5.74, 6) is 0. The molecule has 1 N–H and O–H groups in total. The molecule has 0 saturated heterocycles. The molecule has 18 heavy (non-hydrogen) atoms. The van der Waals surface area contributed by atoms with Crippen LogP contribution in [0.3, 0.4) is 0 Å². The molecule has 0 bridgehead atoms. The van der Waals surface area contributed by atoms with E-state index in [-0.39, 0.29) is 22.8 Å². The van der Waals surface area contributed by atoms with Gasteiger partial charge in [0, 0.05) is 6.54 Å². The Bertz CT molecular complexity index is 457. The summed E-state index contributed by atoms with van der Waals surface area (Å²) in [5, 5.41) is 17.8. The van der Waals surface area contributed by atoms with E-state index in [4.69, 9.17) is 22.0 Å². The Morgan fingerprint density at radius 1 is 1.39 bits per heavy atom. The highest BCUT2D eigenvalue weighted by Gasteiger charge is 2.31. The minimum atomic E-state index is -4.43. The standard InChI is InChI=1S/C11H10ClF3N2O/c12-9-2-1-3-10(8(9)6-16)17(4-5-18)7-11(13,14)15/h1-3,18H,4-5,7H2. The lowest BCUT2D eigenvalue weighted by molar-refractivity contribution is -0.119. The number of nitrogens with zero attached hydrogens (tertiary/aromatic N) is 2. The van der Waals surface area contributed by atoms with Crippen LogP contribution in [0.4, 0.5) is 18.9 Å². The molecule has 3 nitrogen and oxygen atoms in total. The highest BCUT2D eigenvalue weighted by atomic mass is 35.5. The van der Waals surface area contributed by atoms with Crippen LogP contribution in [0, 0.1) is 11.3 Å². The smallest absolute Gasteiger partial charge is 0.395 e. The van der Waals surface area contributed by atoms with Crippen molar-refractivity contribution in [3.63, 3.8) is 0 Å². The summed E-state index contributed by atoms with van der Waals surface area (Å²) in [6, 6.07) is 6.02. The average Bonchev–Trinajstić information content (AvgIpc) is 2.26. The van der Waals surface area contributed by atoms with Crippen LogP contribution in [0.1, 0.15) is 5.56 Å². The fourth-order valence-electron chi connectivity index (χ4n) is 1.51. The van der Waals surface area contributed by atoms with Crippen molar-refractivity contribution < 1.29 is 18.3 Å². The van der Waals surface area contributed by atoms with Gasteiger partial charge in [0.25, 0.3) is 0 Å². The Labute approximate surface area is 107 Å². The summed E-state index contributed by atoms with van der Waals surface area (Å²) in [4.78, 5) is 0.879. The second kappa shape index (κ2) is 5.94. The molecule has 0 aromatic heterocycles. The Hall–Kier alpha value is -1.45. The van der Waals surface area contributed by atoms with E-state index in [0.717, 1.165) is 4.90 Å². The summed E-state index contributed by atoms with van der Waals surface area (Å²) in [6.45, 7) is -1.93. The van der Waals surface area contributed by atoms with Gasteiger partial charge in [-0.1, -0.05) is 17.7 Å². The zero-order valence-electron chi connectivity index (χ0n) is 9.21. The third-order valence-electron chi connectivity index (χ3n) is 2.18. The molecular weight excluding hydrogens is 269 g/mol. The molecule has 0 aliphatic rings. The van der Waals surface area contributed by atoms with Gasteiger partial charge in [0.1, 0.15) is 12.6 Å². The largest absolute Gasteiger partial charge is 0.405 e. The van der Waals surface area contributed by atoms with E-state index >= 15 is 0 Å². The Balaban J connectivity index is 3.14. The van der Waals surface area contributed by atoms with E-state index in [1.165, 1.54) is 18.2 Å². The van der Waals surface area contributed by atoms with E-state index in [9.17, 15) is 13.2 Å². The highest BCUT2D eigenvalue weighted by Crippen LogP contribution is 2.29. The maximum Gasteiger partial charge on any atom is 0.405 e. The van der Waals surface area contributed by atoms with Crippen LogP contribution in [0.2, 0.25) is 5.02 Å². The first-order valence-electron chi connectivity index (χ1n) is 5.00. The number of anilines is 1. The van der Waals surface area contributed by atoms with Gasteiger partial charge in [0.05, 0.1) is 22.9 Å². The summed E-state index contributed by atoms with van der Waals surface area (Å²) in [7, 11) is 0. The van der Waals surface area contributed by atoms with Crippen molar-refractivity contribution in [2.45, 2.75) is 6.18 Å². The molecule has 1 aromatic carbocycles. The molecule has 0 atom stereocenters. The molecule has 0 saturated carbocycles. The maximum atomic E-state index is 12.4. The number of hydrogen-bond acceptors (Lipinski definition) is 3. The van der Waals surface area contributed by atoms with Crippen LogP contribution in [0.25, 0.3) is 0 Å². The van der Waals surface area contributed by atoms with Crippen molar-refractivity contribution >= 4 is 17.3 Å². The minimum Gasteiger partial charge on any atom is -0.395 e. The van der Waals surface area contributed by atoms with Gasteiger partial charge in [-0.15, -0.1) is 0 Å². The fraction of sp³-hybridized carbons (Fsp3) is 0.364. The molecule has 98 valence electrons. The van der Waals surface area contributed by atoms with E-state index in [1.807, 2.05) is 0 Å². The zero-order chi connectivity index (χ0) is 13.8. The predicted molar refractivity (Wildman–Crippen MR) is 61.5 cm³/mol. The Morgan fingerprint density at radius 3 is 2.56 bits per heavy atom. The van der Waals surface area contributed by atoms with Crippen LogP contribution < -0.4 is 4.90 Å². The molecule has 0 unspecified atom stereocenters. The summed E-state index contributed by atoms with van der Waals surface area (Å²) >= 11 is 5.75. The number of halogens is 4. The number of aliphatic hydroxyl groups excluding tert-OH is 1. The van der Waals surface area contributed by atoms with Crippen molar-refractivity contribution in [1.82, 2.24) is 0 Å². The lowest BCUT2D eigenvalue weighted by atomic mass is 10.1. The molecule has 0 spiro atoms. The summed E-state index contributed by atoms with van der Waals surface area (Å²) in [6.07, 6.45) is -4.43. The molecule has 1 rings (SSSR count). The number of rotatable bonds is 4. The molecule has 0 heterocycles. The van der Waals surface area contributed by atoms with E-state index < -0.39 is 19.3 Å². The summed E-state index contributed by atoms with van der Waals surface area (Å²) < 4.78 is 37.2. The number of benzene rings is 1. The lowest BCUT2D eigenvalue weighted by Gasteiger charge is -2.26. The maximum absolute atomic E-state index is 12.4. The normalized spacial score (nSPS) is 11.1. The number of hydrogen-bond donors (Lipinski definition) is 1. The van der Waals surface area contributed by atoms with E-state index in [2.05, 4.69) is 0 Å². The van der Waals surface area contributed by atoms with Gasteiger partial charge < -0.3 is 10.0 Å². The van der Waals surface area contributed by atoms with Crippen molar-refractivity contribution in [2.75, 3.05) is 24.6 Å². The first-order valence-corrected chi connectivity index (χ1v) is 5.38. The topological polar surface area (TPSA) is 47.3 Å². The molecular formula is C11H10ClF3N2O. The van der Waals surface area contributed by atoms with Crippen LogP contribution >= 0.6 is 11.6 Å². The number of alkyl halides is 3. The second-order valence-corrected chi connectivity index (χ2v) is 3.91. The van der Waals surface area contributed by atoms with Crippen LogP contribution in [0.5, 0.6) is 0 Å². The van der Waals surface area contributed by atoms with Crippen LogP contribution in [-0.2, 0) is 0 Å². The lowest BCUT2D eigenvalue weighted by Crippen LogP contribution is -2.36. The Kier molecular flexibility index (Phi) is 4.82. The fourth-order valence-corrected chi connectivity index (χ4v) is 1.72. The highest BCUT2D eigenvalue weighted by molar-refractivity contribution is 6.32. The minimum absolute atomic E-state index is 0.0307. The molecule has 0 aliphatic heterocycles. The van der Waals surface area contributed by atoms with E-state index in [0.29, 0.717) is 0 Å². The Morgan fingerprint density at radius 2 is 2.06 bits per heavy atom. The molecule has 0 aliphatic carbocycles. The average molecular weight is 279 g/mol. The molecule has 0 amide bonds. The molecule has 0 fully saturated rings. The molecule has 7 heteroatoms. The van der Waals surface area contributed by atoms with Gasteiger partial charge in [0.15, 0.2) is 0 Å². The predicted octanol–water partition coefficient (Wildman–Crippen LogP) is 2.57. The first kappa shape index (κ1) is 14.6. The third-order valence-corrected chi connectivity index (χ3v) is 2.50. The van der Waals surface area contributed by atoms with Gasteiger partial charge in [-0.2, -0.15) is 18.4 Å². The number of nitriles is 1. The van der Waals surface area contributed by atoms with Crippen LogP contribution in [-0.4, -0.2) is 31.0 Å². The van der Waals surface area contributed by atoms with Gasteiger partial charge in [0.2, 0.25) is 0 Å².